The maximum atomic E-state index is 12.5. The summed E-state index contributed by atoms with van der Waals surface area (Å²) in [5.74, 6) is 0.398. The van der Waals surface area contributed by atoms with E-state index in [-0.39, 0.29) is 11.8 Å². The molecule has 0 bridgehead atoms. The predicted octanol–water partition coefficient (Wildman–Crippen LogP) is 4.21. The number of thiocarbonyl (C=S) groups is 1. The summed E-state index contributed by atoms with van der Waals surface area (Å²) in [4.78, 5) is 26.6. The van der Waals surface area contributed by atoms with Gasteiger partial charge in [-0.2, -0.15) is 0 Å². The van der Waals surface area contributed by atoms with E-state index in [9.17, 15) is 9.59 Å². The van der Waals surface area contributed by atoms with Crippen LogP contribution >= 0.6 is 24.0 Å². The van der Waals surface area contributed by atoms with Gasteiger partial charge in [-0.3, -0.25) is 14.5 Å². The molecular weight excluding hydrogens is 368 g/mol. The van der Waals surface area contributed by atoms with Gasteiger partial charge in [-0.15, -0.1) is 0 Å². The number of anilines is 1. The number of para-hydroxylation sites is 1. The van der Waals surface area contributed by atoms with Gasteiger partial charge in [0.15, 0.2) is 0 Å². The highest BCUT2D eigenvalue weighted by Gasteiger charge is 2.31. The van der Waals surface area contributed by atoms with Crippen LogP contribution in [0.4, 0.5) is 5.69 Å². The molecule has 1 aliphatic rings. The Balaban J connectivity index is 1.52. The van der Waals surface area contributed by atoms with Crippen LogP contribution in [-0.2, 0) is 9.59 Å². The Labute approximate surface area is 161 Å². The van der Waals surface area contributed by atoms with Gasteiger partial charge < -0.3 is 9.73 Å². The van der Waals surface area contributed by atoms with E-state index in [2.05, 4.69) is 5.32 Å². The molecule has 1 fully saturated rings. The number of benzene rings is 1. The first-order chi connectivity index (χ1) is 12.5. The molecule has 3 rings (SSSR count). The van der Waals surface area contributed by atoms with Crippen LogP contribution in [0.5, 0.6) is 0 Å². The van der Waals surface area contributed by atoms with Crippen LogP contribution in [0.2, 0.25) is 0 Å². The summed E-state index contributed by atoms with van der Waals surface area (Å²) in [5.41, 5.74) is 1.82. The highest BCUT2D eigenvalue weighted by atomic mass is 32.2. The smallest absolute Gasteiger partial charge is 0.266 e. The summed E-state index contributed by atoms with van der Waals surface area (Å²) < 4.78 is 5.74. The minimum atomic E-state index is -0.143. The second-order valence-corrected chi connectivity index (χ2v) is 7.49. The Morgan fingerprint density at radius 3 is 2.85 bits per heavy atom. The zero-order chi connectivity index (χ0) is 18.5. The molecule has 1 N–H and O–H groups in total. The number of nitrogens with one attached hydrogen (secondary N) is 1. The van der Waals surface area contributed by atoms with Crippen molar-refractivity contribution in [2.24, 2.45) is 0 Å². The third-order valence-electron chi connectivity index (χ3n) is 3.89. The minimum Gasteiger partial charge on any atom is -0.465 e. The molecule has 1 aromatic heterocycles. The Bertz CT molecular complexity index is 859. The SMILES string of the molecule is Cc1ccccc1NC(=O)CCCN1C(=O)C(=Cc2ccco2)SC1=S. The van der Waals surface area contributed by atoms with E-state index in [1.165, 1.54) is 16.7 Å². The third-order valence-corrected chi connectivity index (χ3v) is 5.27. The monoisotopic (exact) mass is 386 g/mol. The van der Waals surface area contributed by atoms with Crippen molar-refractivity contribution in [3.8, 4) is 0 Å². The Kier molecular flexibility index (Phi) is 5.90. The number of hydrogen-bond acceptors (Lipinski definition) is 5. The average molecular weight is 386 g/mol. The largest absolute Gasteiger partial charge is 0.465 e. The van der Waals surface area contributed by atoms with Crippen molar-refractivity contribution in [2.45, 2.75) is 19.8 Å². The van der Waals surface area contributed by atoms with Crippen molar-refractivity contribution in [3.63, 3.8) is 0 Å². The summed E-state index contributed by atoms with van der Waals surface area (Å²) in [6, 6.07) is 11.2. The van der Waals surface area contributed by atoms with Crippen LogP contribution in [0, 0.1) is 6.92 Å². The van der Waals surface area contributed by atoms with E-state index in [1.807, 2.05) is 31.2 Å². The van der Waals surface area contributed by atoms with Gasteiger partial charge in [-0.05, 0) is 37.1 Å². The first-order valence-corrected chi connectivity index (χ1v) is 9.41. The molecule has 1 aliphatic heterocycles. The molecule has 0 saturated carbocycles. The number of thioether (sulfide) groups is 1. The van der Waals surface area contributed by atoms with Crippen molar-refractivity contribution in [2.75, 3.05) is 11.9 Å². The quantitative estimate of drug-likeness (QED) is 0.595. The average Bonchev–Trinajstić information content (AvgIpc) is 3.21. The fraction of sp³-hybridized carbons (Fsp3) is 0.211. The van der Waals surface area contributed by atoms with Crippen molar-refractivity contribution in [1.29, 1.82) is 0 Å². The van der Waals surface area contributed by atoms with Gasteiger partial charge in [0.2, 0.25) is 5.91 Å². The maximum Gasteiger partial charge on any atom is 0.266 e. The molecule has 2 aromatic rings. The molecular formula is C19H18N2O3S2. The van der Waals surface area contributed by atoms with Gasteiger partial charge in [0.1, 0.15) is 10.1 Å². The molecule has 2 heterocycles. The molecule has 0 spiro atoms. The number of carbonyl (C=O) groups is 2. The zero-order valence-electron chi connectivity index (χ0n) is 14.2. The second-order valence-electron chi connectivity index (χ2n) is 5.82. The van der Waals surface area contributed by atoms with Crippen molar-refractivity contribution < 1.29 is 14.0 Å². The molecule has 1 aromatic carbocycles. The zero-order valence-corrected chi connectivity index (χ0v) is 15.9. The molecule has 0 atom stereocenters. The van der Waals surface area contributed by atoms with Crippen molar-refractivity contribution in [1.82, 2.24) is 4.90 Å². The van der Waals surface area contributed by atoms with Gasteiger partial charge in [0, 0.05) is 24.7 Å². The minimum absolute atomic E-state index is 0.0733. The van der Waals surface area contributed by atoms with Crippen LogP contribution < -0.4 is 5.32 Å². The molecule has 26 heavy (non-hydrogen) atoms. The molecule has 7 heteroatoms. The van der Waals surface area contributed by atoms with Crippen molar-refractivity contribution in [3.05, 3.63) is 58.9 Å². The number of rotatable bonds is 6. The lowest BCUT2D eigenvalue weighted by molar-refractivity contribution is -0.122. The standard InChI is InChI=1S/C19H18N2O3S2/c1-13-6-2-3-8-15(13)20-17(22)9-4-10-21-18(23)16(26-19(21)25)12-14-7-5-11-24-14/h2-3,5-8,11-12H,4,9-10H2,1H3,(H,20,22). The molecule has 0 unspecified atom stereocenters. The van der Waals surface area contributed by atoms with E-state index in [0.717, 1.165) is 11.3 Å². The van der Waals surface area contributed by atoms with E-state index >= 15 is 0 Å². The first kappa shape index (κ1) is 18.4. The normalized spacial score (nSPS) is 15.7. The molecule has 134 valence electrons. The third kappa shape index (κ3) is 4.42. The molecule has 1 saturated heterocycles. The summed E-state index contributed by atoms with van der Waals surface area (Å²) in [5, 5.41) is 2.89. The van der Waals surface area contributed by atoms with Gasteiger partial charge in [0.25, 0.3) is 5.91 Å². The topological polar surface area (TPSA) is 62.6 Å². The van der Waals surface area contributed by atoms with E-state index in [1.54, 1.807) is 24.5 Å². The fourth-order valence-corrected chi connectivity index (χ4v) is 3.81. The molecule has 0 aliphatic carbocycles. The lowest BCUT2D eigenvalue weighted by atomic mass is 10.2. The highest BCUT2D eigenvalue weighted by Crippen LogP contribution is 2.32. The number of nitrogens with zero attached hydrogens (tertiary/aromatic N) is 1. The Morgan fingerprint density at radius 1 is 1.31 bits per heavy atom. The number of furan rings is 1. The van der Waals surface area contributed by atoms with Crippen LogP contribution in [0.3, 0.4) is 0 Å². The van der Waals surface area contributed by atoms with Crippen LogP contribution in [0.1, 0.15) is 24.2 Å². The number of aryl methyl sites for hydroxylation is 1. The lowest BCUT2D eigenvalue weighted by Crippen LogP contribution is -2.29. The number of amides is 2. The predicted molar refractivity (Wildman–Crippen MR) is 108 cm³/mol. The summed E-state index contributed by atoms with van der Waals surface area (Å²) >= 11 is 6.54. The Hall–Kier alpha value is -2.38. The summed E-state index contributed by atoms with van der Waals surface area (Å²) in [6.07, 6.45) is 4.10. The number of carbonyl (C=O) groups excluding carboxylic acids is 2. The fourth-order valence-electron chi connectivity index (χ4n) is 2.52. The maximum absolute atomic E-state index is 12.5. The van der Waals surface area contributed by atoms with Gasteiger partial charge in [-0.25, -0.2) is 0 Å². The first-order valence-electron chi connectivity index (χ1n) is 8.19. The molecule has 0 radical (unpaired) electrons. The van der Waals surface area contributed by atoms with E-state index in [0.29, 0.717) is 34.4 Å². The number of hydrogen-bond donors (Lipinski definition) is 1. The highest BCUT2D eigenvalue weighted by molar-refractivity contribution is 8.26. The van der Waals surface area contributed by atoms with Gasteiger partial charge >= 0.3 is 0 Å². The van der Waals surface area contributed by atoms with Crippen LogP contribution in [-0.4, -0.2) is 27.6 Å². The molecule has 5 nitrogen and oxygen atoms in total. The summed E-state index contributed by atoms with van der Waals surface area (Å²) in [6.45, 7) is 2.36. The second kappa shape index (κ2) is 8.33. The summed E-state index contributed by atoms with van der Waals surface area (Å²) in [7, 11) is 0. The van der Waals surface area contributed by atoms with E-state index < -0.39 is 0 Å². The Morgan fingerprint density at radius 2 is 2.12 bits per heavy atom. The van der Waals surface area contributed by atoms with E-state index in [4.69, 9.17) is 16.6 Å². The van der Waals surface area contributed by atoms with Gasteiger partial charge in [0.05, 0.1) is 11.2 Å². The lowest BCUT2D eigenvalue weighted by Gasteiger charge is -2.14. The van der Waals surface area contributed by atoms with Crippen molar-refractivity contribution >= 4 is 51.9 Å². The van der Waals surface area contributed by atoms with Crippen LogP contribution in [0.25, 0.3) is 6.08 Å². The van der Waals surface area contributed by atoms with Gasteiger partial charge in [-0.1, -0.05) is 42.2 Å². The molecule has 2 amide bonds. The van der Waals surface area contributed by atoms with Crippen LogP contribution in [0.15, 0.2) is 52.0 Å².